The maximum atomic E-state index is 13.1. The molecule has 0 spiro atoms. The fourth-order valence-corrected chi connectivity index (χ4v) is 7.02. The molecule has 0 aliphatic rings. The minimum Gasteiger partial charge on any atom is -0.462 e. The van der Waals surface area contributed by atoms with Crippen molar-refractivity contribution in [2.75, 3.05) is 6.61 Å². The molecule has 0 heterocycles. The van der Waals surface area contributed by atoms with Crippen molar-refractivity contribution >= 4 is 11.9 Å². The van der Waals surface area contributed by atoms with Gasteiger partial charge in [-0.2, -0.15) is 0 Å². The number of rotatable bonds is 42. The molecule has 0 aromatic carbocycles. The number of carbonyl (C=O) groups is 2. The second-order valence-electron chi connectivity index (χ2n) is 16.2. The van der Waals surface area contributed by atoms with Gasteiger partial charge in [0.25, 0.3) is 0 Å². The lowest BCUT2D eigenvalue weighted by atomic mass is 10.0. The van der Waals surface area contributed by atoms with Gasteiger partial charge >= 0.3 is 5.97 Å². The van der Waals surface area contributed by atoms with E-state index in [1.165, 1.54) is 116 Å². The van der Waals surface area contributed by atoms with Crippen molar-refractivity contribution in [2.45, 2.75) is 244 Å². The molecule has 0 aromatic heterocycles. The molecule has 0 fully saturated rings. The van der Waals surface area contributed by atoms with E-state index in [0.29, 0.717) is 19.3 Å². The molecular weight excluding hydrogens is 707 g/mol. The molecule has 0 bridgehead atoms. The van der Waals surface area contributed by atoms with Crippen LogP contribution in [0.5, 0.6) is 0 Å². The summed E-state index contributed by atoms with van der Waals surface area (Å²) in [6.07, 6.45) is 54.3. The SMILES string of the molecule is CC/C=C/C=C/C=C\C=C/CCCC(CC(=O)NC(CO)C(O)CCCCCCCCCCCCCCCCCC)OC(=O)CCCCCCC/C=C\CCCC. The van der Waals surface area contributed by atoms with E-state index in [1.807, 2.05) is 36.5 Å². The van der Waals surface area contributed by atoms with Crippen LogP contribution in [-0.2, 0) is 14.3 Å². The molecule has 3 unspecified atom stereocenters. The molecule has 0 saturated heterocycles. The fraction of sp³-hybridized carbons (Fsp3) is 0.765. The largest absolute Gasteiger partial charge is 0.462 e. The van der Waals surface area contributed by atoms with E-state index >= 15 is 0 Å². The van der Waals surface area contributed by atoms with E-state index in [1.54, 1.807) is 0 Å². The summed E-state index contributed by atoms with van der Waals surface area (Å²) in [4.78, 5) is 26.0. The van der Waals surface area contributed by atoms with E-state index in [2.05, 4.69) is 50.4 Å². The summed E-state index contributed by atoms with van der Waals surface area (Å²) in [6, 6.07) is -0.724. The summed E-state index contributed by atoms with van der Waals surface area (Å²) in [7, 11) is 0. The quantitative estimate of drug-likeness (QED) is 0.0247. The standard InChI is InChI=1S/C51H91NO5/c1-4-7-10-13-16-19-22-23-24-25-26-29-31-34-37-40-43-49(54)48(46-53)52-50(55)45-47(42-39-36-33-30-27-20-17-14-11-8-5-2)57-51(56)44-41-38-35-32-28-21-18-15-12-9-6-3/h8,11,14-15,17-18,20,27,30,33,47-49,53-54H,4-7,9-10,12-13,16,19,21-26,28-29,31-32,34-46H2,1-3H3,(H,52,55)/b11-8+,17-14+,18-15-,27-20-,33-30-. The summed E-state index contributed by atoms with van der Waals surface area (Å²) in [6.45, 7) is 6.27. The molecule has 0 aliphatic carbocycles. The van der Waals surface area contributed by atoms with Gasteiger partial charge in [0.15, 0.2) is 0 Å². The van der Waals surface area contributed by atoms with Crippen LogP contribution in [0.1, 0.15) is 226 Å². The van der Waals surface area contributed by atoms with Gasteiger partial charge in [-0.1, -0.05) is 216 Å². The average Bonchev–Trinajstić information content (AvgIpc) is 3.20. The van der Waals surface area contributed by atoms with Crippen LogP contribution in [0, 0.1) is 0 Å². The Hall–Kier alpha value is -2.44. The van der Waals surface area contributed by atoms with Gasteiger partial charge in [-0.25, -0.2) is 0 Å². The highest BCUT2D eigenvalue weighted by Gasteiger charge is 2.24. The molecule has 3 atom stereocenters. The lowest BCUT2D eigenvalue weighted by molar-refractivity contribution is -0.151. The number of esters is 1. The van der Waals surface area contributed by atoms with Gasteiger partial charge in [0.2, 0.25) is 5.91 Å². The number of unbranched alkanes of at least 4 members (excludes halogenated alkanes) is 23. The molecule has 0 aromatic rings. The van der Waals surface area contributed by atoms with E-state index in [-0.39, 0.29) is 24.9 Å². The predicted molar refractivity (Wildman–Crippen MR) is 245 cm³/mol. The van der Waals surface area contributed by atoms with Crippen molar-refractivity contribution < 1.29 is 24.5 Å². The first kappa shape index (κ1) is 54.6. The van der Waals surface area contributed by atoms with Gasteiger partial charge in [0.05, 0.1) is 25.2 Å². The molecule has 57 heavy (non-hydrogen) atoms. The zero-order chi connectivity index (χ0) is 41.7. The molecular formula is C51H91NO5. The van der Waals surface area contributed by atoms with Crippen LogP contribution in [0.4, 0.5) is 0 Å². The molecule has 0 saturated carbocycles. The Morgan fingerprint density at radius 2 is 1.00 bits per heavy atom. The van der Waals surface area contributed by atoms with E-state index in [4.69, 9.17) is 4.74 Å². The first-order valence-electron chi connectivity index (χ1n) is 24.1. The topological polar surface area (TPSA) is 95.9 Å². The first-order chi connectivity index (χ1) is 28.0. The van der Waals surface area contributed by atoms with Crippen molar-refractivity contribution in [1.82, 2.24) is 5.32 Å². The Morgan fingerprint density at radius 3 is 1.56 bits per heavy atom. The number of ether oxygens (including phenoxy) is 1. The van der Waals surface area contributed by atoms with Gasteiger partial charge in [0.1, 0.15) is 6.10 Å². The van der Waals surface area contributed by atoms with Crippen molar-refractivity contribution in [3.05, 3.63) is 60.8 Å². The smallest absolute Gasteiger partial charge is 0.306 e. The van der Waals surface area contributed by atoms with Crippen LogP contribution < -0.4 is 5.32 Å². The molecule has 330 valence electrons. The lowest BCUT2D eigenvalue weighted by Crippen LogP contribution is -2.46. The second kappa shape index (κ2) is 44.7. The Labute approximate surface area is 352 Å². The van der Waals surface area contributed by atoms with E-state index in [9.17, 15) is 19.8 Å². The third-order valence-corrected chi connectivity index (χ3v) is 10.7. The molecule has 0 rings (SSSR count). The first-order valence-corrected chi connectivity index (χ1v) is 24.1. The highest BCUT2D eigenvalue weighted by atomic mass is 16.5. The summed E-state index contributed by atoms with van der Waals surface area (Å²) in [5.74, 6) is -0.555. The van der Waals surface area contributed by atoms with E-state index in [0.717, 1.165) is 64.2 Å². The lowest BCUT2D eigenvalue weighted by Gasteiger charge is -2.24. The maximum absolute atomic E-state index is 13.1. The highest BCUT2D eigenvalue weighted by Crippen LogP contribution is 2.17. The van der Waals surface area contributed by atoms with Gasteiger partial charge < -0.3 is 20.3 Å². The van der Waals surface area contributed by atoms with Crippen LogP contribution in [-0.4, -0.2) is 46.9 Å². The van der Waals surface area contributed by atoms with Crippen molar-refractivity contribution in [1.29, 1.82) is 0 Å². The minimum absolute atomic E-state index is 0.0273. The third kappa shape index (κ3) is 40.1. The number of hydrogen-bond donors (Lipinski definition) is 3. The summed E-state index contributed by atoms with van der Waals surface area (Å²) in [5, 5.41) is 23.7. The van der Waals surface area contributed by atoms with Crippen LogP contribution in [0.2, 0.25) is 0 Å². The Balaban J connectivity index is 4.58. The number of carbonyl (C=O) groups excluding carboxylic acids is 2. The molecule has 0 aliphatic heterocycles. The molecule has 3 N–H and O–H groups in total. The molecule has 0 radical (unpaired) electrons. The normalized spacial score (nSPS) is 13.8. The van der Waals surface area contributed by atoms with Crippen molar-refractivity contribution in [3.8, 4) is 0 Å². The van der Waals surface area contributed by atoms with Crippen LogP contribution >= 0.6 is 0 Å². The maximum Gasteiger partial charge on any atom is 0.306 e. The summed E-state index contributed by atoms with van der Waals surface area (Å²) >= 11 is 0. The fourth-order valence-electron chi connectivity index (χ4n) is 7.02. The van der Waals surface area contributed by atoms with Crippen LogP contribution in [0.3, 0.4) is 0 Å². The number of aliphatic hydroxyl groups excluding tert-OH is 2. The predicted octanol–water partition coefficient (Wildman–Crippen LogP) is 14.1. The Morgan fingerprint density at radius 1 is 0.526 bits per heavy atom. The second-order valence-corrected chi connectivity index (χ2v) is 16.2. The monoisotopic (exact) mass is 798 g/mol. The molecule has 6 heteroatoms. The number of allylic oxidation sites excluding steroid dienone is 10. The molecule has 6 nitrogen and oxygen atoms in total. The Bertz CT molecular complexity index is 1030. The average molecular weight is 798 g/mol. The number of nitrogens with one attached hydrogen (secondary N) is 1. The van der Waals surface area contributed by atoms with Gasteiger partial charge in [-0.05, 0) is 57.8 Å². The minimum atomic E-state index is -0.806. The zero-order valence-corrected chi connectivity index (χ0v) is 37.5. The zero-order valence-electron chi connectivity index (χ0n) is 37.5. The molecule has 1 amide bonds. The van der Waals surface area contributed by atoms with Crippen LogP contribution in [0.15, 0.2) is 60.8 Å². The van der Waals surface area contributed by atoms with Crippen molar-refractivity contribution in [2.24, 2.45) is 0 Å². The highest BCUT2D eigenvalue weighted by molar-refractivity contribution is 5.77. The third-order valence-electron chi connectivity index (χ3n) is 10.7. The summed E-state index contributed by atoms with van der Waals surface area (Å²) in [5.41, 5.74) is 0. The number of hydrogen-bond acceptors (Lipinski definition) is 5. The Kier molecular flexibility index (Phi) is 42.7. The van der Waals surface area contributed by atoms with Crippen LogP contribution in [0.25, 0.3) is 0 Å². The summed E-state index contributed by atoms with van der Waals surface area (Å²) < 4.78 is 5.86. The van der Waals surface area contributed by atoms with Gasteiger partial charge in [-0.15, -0.1) is 0 Å². The van der Waals surface area contributed by atoms with Crippen molar-refractivity contribution in [3.63, 3.8) is 0 Å². The van der Waals surface area contributed by atoms with E-state index < -0.39 is 18.2 Å². The van der Waals surface area contributed by atoms with Gasteiger partial charge in [-0.3, -0.25) is 9.59 Å². The van der Waals surface area contributed by atoms with Gasteiger partial charge in [0, 0.05) is 6.42 Å². The number of amides is 1. The number of aliphatic hydroxyl groups is 2.